The van der Waals surface area contributed by atoms with E-state index in [0.717, 1.165) is 6.07 Å². The minimum Gasteiger partial charge on any atom is -0.478 e. The summed E-state index contributed by atoms with van der Waals surface area (Å²) in [4.78, 5) is 18.5. The van der Waals surface area contributed by atoms with Crippen molar-refractivity contribution >= 4 is 12.0 Å². The van der Waals surface area contributed by atoms with Crippen LogP contribution in [0.25, 0.3) is 6.08 Å². The quantitative estimate of drug-likeness (QED) is 0.866. The Hall–Kier alpha value is -2.75. The van der Waals surface area contributed by atoms with Gasteiger partial charge in [-0.05, 0) is 18.2 Å². The third-order valence-electron chi connectivity index (χ3n) is 2.99. The summed E-state index contributed by atoms with van der Waals surface area (Å²) in [6.45, 7) is 3.01. The van der Waals surface area contributed by atoms with Crippen LogP contribution >= 0.6 is 0 Å². The van der Waals surface area contributed by atoms with Crippen LogP contribution in [0.5, 0.6) is 0 Å². The van der Waals surface area contributed by atoms with Gasteiger partial charge in [0.1, 0.15) is 18.1 Å². The van der Waals surface area contributed by atoms with Crippen molar-refractivity contribution in [2.24, 2.45) is 7.05 Å². The summed E-state index contributed by atoms with van der Waals surface area (Å²) >= 11 is 0. The van der Waals surface area contributed by atoms with Crippen LogP contribution in [-0.4, -0.2) is 30.8 Å². The molecule has 0 aliphatic carbocycles. The highest BCUT2D eigenvalue weighted by molar-refractivity contribution is 5.88. The second-order valence-corrected chi connectivity index (χ2v) is 4.70. The highest BCUT2D eigenvalue weighted by Gasteiger charge is 2.33. The van der Waals surface area contributed by atoms with Gasteiger partial charge in [0.2, 0.25) is 0 Å². The molecule has 0 aliphatic rings. The zero-order chi connectivity index (χ0) is 17.9. The molecule has 0 bridgehead atoms. The number of nitrogens with zero attached hydrogens (tertiary/aromatic N) is 4. The standard InChI is InChI=1S/C14H13F3N4O3/c1-3-12-19-11(20-21(12)2)7-24-6-9-8(13(22)23)4-5-10(18-9)14(15,16)17/h3-5H,1,6-7H2,2H3,(H,22,23). The number of rotatable bonds is 6. The number of aryl methyl sites for hydroxylation is 1. The molecule has 1 N–H and O–H groups in total. The Morgan fingerprint density at radius 3 is 2.62 bits per heavy atom. The van der Waals surface area contributed by atoms with Crippen molar-refractivity contribution in [2.75, 3.05) is 0 Å². The van der Waals surface area contributed by atoms with Gasteiger partial charge in [0.15, 0.2) is 5.82 Å². The van der Waals surface area contributed by atoms with E-state index in [1.807, 2.05) is 0 Å². The van der Waals surface area contributed by atoms with Crippen molar-refractivity contribution < 1.29 is 27.8 Å². The number of pyridine rings is 1. The van der Waals surface area contributed by atoms with E-state index in [2.05, 4.69) is 21.6 Å². The van der Waals surface area contributed by atoms with E-state index in [-0.39, 0.29) is 23.7 Å². The molecular weight excluding hydrogens is 329 g/mol. The number of alkyl halides is 3. The summed E-state index contributed by atoms with van der Waals surface area (Å²) < 4.78 is 44.7. The lowest BCUT2D eigenvalue weighted by atomic mass is 10.1. The molecule has 0 amide bonds. The number of halogens is 3. The van der Waals surface area contributed by atoms with Crippen LogP contribution in [0, 0.1) is 0 Å². The SMILES string of the molecule is C=Cc1nc(COCc2nc(C(F)(F)F)ccc2C(=O)O)nn1C. The molecule has 0 atom stereocenters. The fraction of sp³-hybridized carbons (Fsp3) is 0.286. The Morgan fingerprint density at radius 1 is 1.38 bits per heavy atom. The number of carboxylic acid groups (broad SMARTS) is 1. The summed E-state index contributed by atoms with van der Waals surface area (Å²) in [5.41, 5.74) is -1.86. The molecule has 0 fully saturated rings. The van der Waals surface area contributed by atoms with Gasteiger partial charge < -0.3 is 9.84 Å². The summed E-state index contributed by atoms with van der Waals surface area (Å²) in [6.07, 6.45) is -3.19. The van der Waals surface area contributed by atoms with Gasteiger partial charge in [0, 0.05) is 7.05 Å². The van der Waals surface area contributed by atoms with E-state index < -0.39 is 24.4 Å². The molecule has 10 heteroatoms. The number of hydrogen-bond acceptors (Lipinski definition) is 5. The molecule has 2 rings (SSSR count). The van der Waals surface area contributed by atoms with E-state index in [1.165, 1.54) is 10.8 Å². The molecule has 0 unspecified atom stereocenters. The number of carbonyl (C=O) groups is 1. The molecule has 128 valence electrons. The van der Waals surface area contributed by atoms with Crippen molar-refractivity contribution in [3.8, 4) is 0 Å². The minimum atomic E-state index is -4.67. The van der Waals surface area contributed by atoms with Crippen LogP contribution in [0.1, 0.15) is 33.4 Å². The van der Waals surface area contributed by atoms with Crippen molar-refractivity contribution in [3.63, 3.8) is 0 Å². The fourth-order valence-electron chi connectivity index (χ4n) is 1.89. The average molecular weight is 342 g/mol. The normalized spacial score (nSPS) is 11.5. The van der Waals surface area contributed by atoms with Crippen molar-refractivity contribution in [2.45, 2.75) is 19.4 Å². The first kappa shape index (κ1) is 17.6. The van der Waals surface area contributed by atoms with Gasteiger partial charge in [-0.15, -0.1) is 0 Å². The highest BCUT2D eigenvalue weighted by Crippen LogP contribution is 2.28. The second-order valence-electron chi connectivity index (χ2n) is 4.70. The average Bonchev–Trinajstić information content (AvgIpc) is 2.86. The van der Waals surface area contributed by atoms with Crippen molar-refractivity contribution in [3.05, 3.63) is 47.3 Å². The highest BCUT2D eigenvalue weighted by atomic mass is 19.4. The molecule has 2 aromatic heterocycles. The van der Waals surface area contributed by atoms with Gasteiger partial charge in [-0.1, -0.05) is 6.58 Å². The summed E-state index contributed by atoms with van der Waals surface area (Å²) in [6, 6.07) is 1.47. The molecule has 0 aromatic carbocycles. The number of carboxylic acids is 1. The maximum atomic E-state index is 12.7. The van der Waals surface area contributed by atoms with Crippen LogP contribution in [-0.2, 0) is 31.2 Å². The predicted molar refractivity (Wildman–Crippen MR) is 75.8 cm³/mol. The molecule has 0 spiro atoms. The third-order valence-corrected chi connectivity index (χ3v) is 2.99. The minimum absolute atomic E-state index is 0.112. The summed E-state index contributed by atoms with van der Waals surface area (Å²) in [5, 5.41) is 13.1. The van der Waals surface area contributed by atoms with E-state index in [9.17, 15) is 18.0 Å². The largest absolute Gasteiger partial charge is 0.478 e. The van der Waals surface area contributed by atoms with E-state index >= 15 is 0 Å². The Bertz CT molecular complexity index is 771. The zero-order valence-electron chi connectivity index (χ0n) is 12.5. The molecule has 0 aliphatic heterocycles. The van der Waals surface area contributed by atoms with E-state index in [4.69, 9.17) is 9.84 Å². The van der Waals surface area contributed by atoms with Crippen molar-refractivity contribution in [1.29, 1.82) is 0 Å². The number of aromatic nitrogens is 4. The van der Waals surface area contributed by atoms with E-state index in [1.54, 1.807) is 7.05 Å². The predicted octanol–water partition coefficient (Wildman–Crippen LogP) is 2.29. The maximum Gasteiger partial charge on any atom is 0.433 e. The summed E-state index contributed by atoms with van der Waals surface area (Å²) in [7, 11) is 1.64. The van der Waals surface area contributed by atoms with Crippen molar-refractivity contribution in [1.82, 2.24) is 19.7 Å². The first-order valence-electron chi connectivity index (χ1n) is 6.63. The smallest absolute Gasteiger partial charge is 0.433 e. The first-order valence-corrected chi connectivity index (χ1v) is 6.63. The second kappa shape index (κ2) is 6.79. The number of ether oxygens (including phenoxy) is 1. The van der Waals surface area contributed by atoms with Gasteiger partial charge in [-0.3, -0.25) is 0 Å². The van der Waals surface area contributed by atoms with Gasteiger partial charge >= 0.3 is 12.1 Å². The molecule has 24 heavy (non-hydrogen) atoms. The molecule has 0 radical (unpaired) electrons. The zero-order valence-corrected chi connectivity index (χ0v) is 12.5. The Balaban J connectivity index is 2.15. The first-order chi connectivity index (χ1) is 11.2. The lowest BCUT2D eigenvalue weighted by Gasteiger charge is -2.10. The van der Waals surface area contributed by atoms with Crippen LogP contribution in [0.15, 0.2) is 18.7 Å². The topological polar surface area (TPSA) is 90.1 Å². The molecule has 7 nitrogen and oxygen atoms in total. The Labute approximate surface area is 134 Å². The molecule has 2 heterocycles. The van der Waals surface area contributed by atoms with Crippen LogP contribution in [0.2, 0.25) is 0 Å². The third kappa shape index (κ3) is 3.96. The van der Waals surface area contributed by atoms with Crippen LogP contribution in [0.4, 0.5) is 13.2 Å². The molecule has 0 saturated carbocycles. The van der Waals surface area contributed by atoms with Crippen LogP contribution in [0.3, 0.4) is 0 Å². The van der Waals surface area contributed by atoms with Gasteiger partial charge in [-0.25, -0.2) is 19.4 Å². The lowest BCUT2D eigenvalue weighted by molar-refractivity contribution is -0.141. The molecule has 2 aromatic rings. The van der Waals surface area contributed by atoms with Crippen LogP contribution < -0.4 is 0 Å². The Morgan fingerprint density at radius 2 is 2.08 bits per heavy atom. The Kier molecular flexibility index (Phi) is 4.98. The molecule has 0 saturated heterocycles. The lowest BCUT2D eigenvalue weighted by Crippen LogP contribution is -2.14. The number of hydrogen-bond donors (Lipinski definition) is 1. The number of aromatic carboxylic acids is 1. The van der Waals surface area contributed by atoms with Gasteiger partial charge in [0.05, 0.1) is 17.9 Å². The van der Waals surface area contributed by atoms with Gasteiger partial charge in [0.25, 0.3) is 0 Å². The fourth-order valence-corrected chi connectivity index (χ4v) is 1.89. The molecular formula is C14H13F3N4O3. The van der Waals surface area contributed by atoms with Gasteiger partial charge in [-0.2, -0.15) is 18.3 Å². The van der Waals surface area contributed by atoms with E-state index in [0.29, 0.717) is 11.9 Å². The maximum absolute atomic E-state index is 12.7. The summed E-state index contributed by atoms with van der Waals surface area (Å²) in [5.74, 6) is -0.604. The monoisotopic (exact) mass is 342 g/mol.